The molecule has 1 aromatic heterocycles. The Kier molecular flexibility index (Phi) is 3.63. The van der Waals surface area contributed by atoms with Gasteiger partial charge in [-0.1, -0.05) is 18.2 Å². The Morgan fingerprint density at radius 3 is 2.48 bits per heavy atom. The summed E-state index contributed by atoms with van der Waals surface area (Å²) in [5, 5.41) is 21.5. The third-order valence-electron chi connectivity index (χ3n) is 3.54. The molecule has 3 aromatic rings. The number of H-pyrrole nitrogens is 1. The van der Waals surface area contributed by atoms with E-state index in [4.69, 9.17) is 0 Å². The lowest BCUT2D eigenvalue weighted by Crippen LogP contribution is -2.12. The summed E-state index contributed by atoms with van der Waals surface area (Å²) in [4.78, 5) is 13.1. The Labute approximate surface area is 131 Å². The lowest BCUT2D eigenvalue weighted by Gasteiger charge is -2.11. The van der Waals surface area contributed by atoms with Gasteiger partial charge in [0.15, 0.2) is 5.44 Å². The SMILES string of the molecule is O=[N+]([O-])c1ccc2[nH]cc(C(O)S(=O)(=O)c3ccccc3)c2c1. The third-order valence-corrected chi connectivity index (χ3v) is 5.31. The van der Waals surface area contributed by atoms with Crippen LogP contribution in [0.1, 0.15) is 11.0 Å². The van der Waals surface area contributed by atoms with Crippen molar-refractivity contribution >= 4 is 26.4 Å². The highest BCUT2D eigenvalue weighted by Gasteiger charge is 2.29. The van der Waals surface area contributed by atoms with Crippen LogP contribution in [0.3, 0.4) is 0 Å². The number of fused-ring (bicyclic) bond motifs is 1. The first-order chi connectivity index (χ1) is 10.9. The monoisotopic (exact) mass is 332 g/mol. The minimum atomic E-state index is -4.02. The molecule has 0 fully saturated rings. The molecular formula is C15H12N2O5S. The second-order valence-corrected chi connectivity index (χ2v) is 6.95. The summed E-state index contributed by atoms with van der Waals surface area (Å²) in [5.41, 5.74) is -1.41. The molecule has 0 amide bonds. The number of aromatic amines is 1. The predicted molar refractivity (Wildman–Crippen MR) is 83.5 cm³/mol. The molecule has 0 saturated heterocycles. The molecule has 0 aliphatic rings. The highest BCUT2D eigenvalue weighted by Crippen LogP contribution is 2.33. The first-order valence-electron chi connectivity index (χ1n) is 6.63. The number of nitrogens with one attached hydrogen (secondary N) is 1. The number of sulfone groups is 1. The van der Waals surface area contributed by atoms with E-state index in [1.165, 1.54) is 36.5 Å². The van der Waals surface area contributed by atoms with Gasteiger partial charge in [-0.25, -0.2) is 8.42 Å². The summed E-state index contributed by atoms with van der Waals surface area (Å²) in [6, 6.07) is 11.6. The summed E-state index contributed by atoms with van der Waals surface area (Å²) in [5.74, 6) is 0. The first kappa shape index (κ1) is 15.2. The molecule has 118 valence electrons. The van der Waals surface area contributed by atoms with Gasteiger partial charge < -0.3 is 10.1 Å². The number of hydrogen-bond acceptors (Lipinski definition) is 5. The average molecular weight is 332 g/mol. The molecule has 1 atom stereocenters. The maximum absolute atomic E-state index is 12.5. The smallest absolute Gasteiger partial charge is 0.270 e. The zero-order valence-corrected chi connectivity index (χ0v) is 12.5. The molecule has 0 aliphatic heterocycles. The van der Waals surface area contributed by atoms with Crippen LogP contribution in [-0.4, -0.2) is 23.4 Å². The Morgan fingerprint density at radius 2 is 1.83 bits per heavy atom. The van der Waals surface area contributed by atoms with Crippen molar-refractivity contribution < 1.29 is 18.4 Å². The van der Waals surface area contributed by atoms with Crippen molar-refractivity contribution in [1.82, 2.24) is 4.98 Å². The van der Waals surface area contributed by atoms with Crippen LogP contribution in [0.2, 0.25) is 0 Å². The van der Waals surface area contributed by atoms with Crippen LogP contribution in [0.5, 0.6) is 0 Å². The fraction of sp³-hybridized carbons (Fsp3) is 0.0667. The van der Waals surface area contributed by atoms with Crippen molar-refractivity contribution in [3.05, 3.63) is 70.4 Å². The molecule has 0 radical (unpaired) electrons. The number of aromatic nitrogens is 1. The van der Waals surface area contributed by atoms with Crippen LogP contribution < -0.4 is 0 Å². The van der Waals surface area contributed by atoms with E-state index >= 15 is 0 Å². The standard InChI is InChI=1S/C15H12N2O5S/c18-15(23(21,22)11-4-2-1-3-5-11)13-9-16-14-7-6-10(17(19)20)8-12(13)14/h1-9,15-16,18H. The fourth-order valence-electron chi connectivity index (χ4n) is 2.35. The summed E-state index contributed by atoms with van der Waals surface area (Å²) in [7, 11) is -4.02. The molecule has 1 unspecified atom stereocenters. The van der Waals surface area contributed by atoms with E-state index in [-0.39, 0.29) is 16.1 Å². The van der Waals surface area contributed by atoms with Crippen LogP contribution in [-0.2, 0) is 9.84 Å². The van der Waals surface area contributed by atoms with E-state index in [1.54, 1.807) is 18.2 Å². The molecule has 23 heavy (non-hydrogen) atoms. The van der Waals surface area contributed by atoms with Gasteiger partial charge in [0.25, 0.3) is 5.69 Å². The number of benzene rings is 2. The molecule has 2 aromatic carbocycles. The van der Waals surface area contributed by atoms with Gasteiger partial charge in [-0.3, -0.25) is 10.1 Å². The largest absolute Gasteiger partial charge is 0.373 e. The fourth-order valence-corrected chi connectivity index (χ4v) is 3.68. The van der Waals surface area contributed by atoms with Crippen LogP contribution in [0.25, 0.3) is 10.9 Å². The van der Waals surface area contributed by atoms with Crippen molar-refractivity contribution in [2.24, 2.45) is 0 Å². The van der Waals surface area contributed by atoms with Gasteiger partial charge in [-0.2, -0.15) is 0 Å². The second kappa shape index (κ2) is 5.49. The number of nitro groups is 1. The minimum absolute atomic E-state index is 0.0210. The van der Waals surface area contributed by atoms with Crippen molar-refractivity contribution in [1.29, 1.82) is 0 Å². The molecule has 0 aliphatic carbocycles. The first-order valence-corrected chi connectivity index (χ1v) is 8.18. The number of hydrogen-bond donors (Lipinski definition) is 2. The number of rotatable bonds is 4. The van der Waals surface area contributed by atoms with Gasteiger partial charge in [0, 0.05) is 34.8 Å². The lowest BCUT2D eigenvalue weighted by molar-refractivity contribution is -0.384. The van der Waals surface area contributed by atoms with E-state index in [9.17, 15) is 23.6 Å². The number of nitro benzene ring substituents is 1. The highest BCUT2D eigenvalue weighted by atomic mass is 32.2. The van der Waals surface area contributed by atoms with Gasteiger partial charge >= 0.3 is 0 Å². The van der Waals surface area contributed by atoms with E-state index in [1.807, 2.05) is 0 Å². The Morgan fingerprint density at radius 1 is 1.13 bits per heavy atom. The highest BCUT2D eigenvalue weighted by molar-refractivity contribution is 7.91. The molecule has 0 bridgehead atoms. The minimum Gasteiger partial charge on any atom is -0.373 e. The van der Waals surface area contributed by atoms with E-state index in [0.717, 1.165) is 0 Å². The van der Waals surface area contributed by atoms with Crippen LogP contribution in [0.15, 0.2) is 59.6 Å². The molecule has 2 N–H and O–H groups in total. The van der Waals surface area contributed by atoms with E-state index in [2.05, 4.69) is 4.98 Å². The van der Waals surface area contributed by atoms with Crippen molar-refractivity contribution in [2.45, 2.75) is 10.3 Å². The number of aliphatic hydroxyl groups is 1. The summed E-state index contributed by atoms with van der Waals surface area (Å²) >= 11 is 0. The molecule has 7 nitrogen and oxygen atoms in total. The van der Waals surface area contributed by atoms with Gasteiger partial charge in [0.2, 0.25) is 9.84 Å². The van der Waals surface area contributed by atoms with E-state index in [0.29, 0.717) is 10.9 Å². The van der Waals surface area contributed by atoms with Gasteiger partial charge in [-0.15, -0.1) is 0 Å². The Hall–Kier alpha value is -2.71. The maximum atomic E-state index is 12.5. The molecule has 1 heterocycles. The molecular weight excluding hydrogens is 320 g/mol. The van der Waals surface area contributed by atoms with Gasteiger partial charge in [0.1, 0.15) is 0 Å². The molecule has 3 rings (SSSR count). The summed E-state index contributed by atoms with van der Waals surface area (Å²) < 4.78 is 25.0. The Balaban J connectivity index is 2.13. The molecule has 0 saturated carbocycles. The maximum Gasteiger partial charge on any atom is 0.270 e. The van der Waals surface area contributed by atoms with Gasteiger partial charge in [-0.05, 0) is 18.2 Å². The van der Waals surface area contributed by atoms with Crippen molar-refractivity contribution in [2.75, 3.05) is 0 Å². The predicted octanol–water partition coefficient (Wildman–Crippen LogP) is 2.54. The summed E-state index contributed by atoms with van der Waals surface area (Å²) in [6.07, 6.45) is 1.35. The normalized spacial score (nSPS) is 13.1. The lowest BCUT2D eigenvalue weighted by atomic mass is 10.1. The van der Waals surface area contributed by atoms with Crippen LogP contribution in [0, 0.1) is 10.1 Å². The average Bonchev–Trinajstić information content (AvgIpc) is 2.97. The number of nitrogens with zero attached hydrogens (tertiary/aromatic N) is 1. The number of non-ortho nitro benzene ring substituents is 1. The Bertz CT molecular complexity index is 980. The third kappa shape index (κ3) is 2.58. The van der Waals surface area contributed by atoms with E-state index < -0.39 is 20.2 Å². The zero-order chi connectivity index (χ0) is 16.6. The quantitative estimate of drug-likeness (QED) is 0.563. The van der Waals surface area contributed by atoms with Gasteiger partial charge in [0.05, 0.1) is 9.82 Å². The number of aliphatic hydroxyl groups excluding tert-OH is 1. The van der Waals surface area contributed by atoms with Crippen molar-refractivity contribution in [3.8, 4) is 0 Å². The second-order valence-electron chi connectivity index (χ2n) is 4.94. The van der Waals surface area contributed by atoms with Crippen LogP contribution in [0.4, 0.5) is 5.69 Å². The van der Waals surface area contributed by atoms with Crippen molar-refractivity contribution in [3.63, 3.8) is 0 Å². The van der Waals surface area contributed by atoms with Crippen LogP contribution >= 0.6 is 0 Å². The molecule has 8 heteroatoms. The summed E-state index contributed by atoms with van der Waals surface area (Å²) in [6.45, 7) is 0. The zero-order valence-electron chi connectivity index (χ0n) is 11.7. The molecule has 0 spiro atoms. The topological polar surface area (TPSA) is 113 Å².